The van der Waals surface area contributed by atoms with Crippen molar-refractivity contribution in [1.29, 1.82) is 5.26 Å². The number of rotatable bonds is 4. The third-order valence-corrected chi connectivity index (χ3v) is 4.97. The third-order valence-electron chi connectivity index (χ3n) is 4.64. The summed E-state index contributed by atoms with van der Waals surface area (Å²) in [6.45, 7) is 4.13. The molecule has 0 saturated carbocycles. The number of halogens is 2. The van der Waals surface area contributed by atoms with E-state index in [1.807, 2.05) is 24.3 Å². The topological polar surface area (TPSA) is 36.7 Å². The van der Waals surface area contributed by atoms with Gasteiger partial charge in [-0.15, -0.1) is 0 Å². The molecule has 0 fully saturated rings. The molecule has 0 spiro atoms. The zero-order chi connectivity index (χ0) is 18.0. The molecule has 3 rings (SSSR count). The molecule has 0 aliphatic heterocycles. The summed E-state index contributed by atoms with van der Waals surface area (Å²) < 4.78 is 15.6. The van der Waals surface area contributed by atoms with Crippen LogP contribution in [0.5, 0.6) is 0 Å². The van der Waals surface area contributed by atoms with E-state index >= 15 is 4.39 Å². The second-order valence-electron chi connectivity index (χ2n) is 6.00. The summed E-state index contributed by atoms with van der Waals surface area (Å²) in [4.78, 5) is 4.42. The van der Waals surface area contributed by atoms with Gasteiger partial charge in [-0.3, -0.25) is 0 Å². The molecule has 25 heavy (non-hydrogen) atoms. The van der Waals surface area contributed by atoms with Crippen molar-refractivity contribution in [3.8, 4) is 17.2 Å². The van der Waals surface area contributed by atoms with E-state index < -0.39 is 5.82 Å². The van der Waals surface area contributed by atoms with Gasteiger partial charge < -0.3 is 0 Å². The second kappa shape index (κ2) is 7.21. The van der Waals surface area contributed by atoms with Crippen LogP contribution in [0.3, 0.4) is 0 Å². The number of nitriles is 1. The number of nitrogens with zero attached hydrogens (tertiary/aromatic N) is 2. The van der Waals surface area contributed by atoms with Gasteiger partial charge in [0.1, 0.15) is 11.9 Å². The molecule has 0 atom stereocenters. The fourth-order valence-corrected chi connectivity index (χ4v) is 3.67. The highest BCUT2D eigenvalue weighted by Crippen LogP contribution is 2.39. The lowest BCUT2D eigenvalue weighted by molar-refractivity contribution is 0.623. The minimum absolute atomic E-state index is 0.0917. The van der Waals surface area contributed by atoms with Crippen LogP contribution in [-0.4, -0.2) is 4.98 Å². The molecule has 0 N–H and O–H groups in total. The van der Waals surface area contributed by atoms with E-state index in [9.17, 15) is 5.26 Å². The molecule has 2 aromatic carbocycles. The number of benzene rings is 2. The van der Waals surface area contributed by atoms with Crippen molar-refractivity contribution in [2.75, 3.05) is 0 Å². The lowest BCUT2D eigenvalue weighted by Gasteiger charge is -2.19. The molecular formula is C21H18ClFN2. The van der Waals surface area contributed by atoms with Crippen molar-refractivity contribution in [3.63, 3.8) is 0 Å². The van der Waals surface area contributed by atoms with Crippen molar-refractivity contribution in [2.45, 2.75) is 32.6 Å². The van der Waals surface area contributed by atoms with Crippen LogP contribution in [-0.2, 0) is 0 Å². The van der Waals surface area contributed by atoms with Gasteiger partial charge in [-0.2, -0.15) is 5.26 Å². The van der Waals surface area contributed by atoms with Gasteiger partial charge in [0.05, 0.1) is 11.1 Å². The van der Waals surface area contributed by atoms with Crippen LogP contribution in [0, 0.1) is 17.1 Å². The van der Waals surface area contributed by atoms with Crippen molar-refractivity contribution >= 4 is 22.5 Å². The van der Waals surface area contributed by atoms with Gasteiger partial charge in [0.25, 0.3) is 0 Å². The zero-order valence-corrected chi connectivity index (χ0v) is 14.9. The monoisotopic (exact) mass is 352 g/mol. The Morgan fingerprint density at radius 2 is 1.80 bits per heavy atom. The molecule has 0 unspecified atom stereocenters. The number of aromatic nitrogens is 1. The Kier molecular flexibility index (Phi) is 5.01. The molecule has 0 aliphatic rings. The third kappa shape index (κ3) is 2.99. The van der Waals surface area contributed by atoms with Crippen molar-refractivity contribution < 1.29 is 4.39 Å². The highest BCUT2D eigenvalue weighted by Gasteiger charge is 2.23. The Hall–Kier alpha value is -2.44. The predicted octanol–water partition coefficient (Wildman–Crippen LogP) is 6.47. The smallest absolute Gasteiger partial charge is 0.151 e. The molecule has 0 saturated heterocycles. The van der Waals surface area contributed by atoms with E-state index in [0.29, 0.717) is 21.5 Å². The first kappa shape index (κ1) is 17.4. The Labute approximate surface area is 151 Å². The van der Waals surface area contributed by atoms with Crippen molar-refractivity contribution in [2.24, 2.45) is 0 Å². The summed E-state index contributed by atoms with van der Waals surface area (Å²) >= 11 is 6.44. The van der Waals surface area contributed by atoms with E-state index in [4.69, 9.17) is 11.6 Å². The summed E-state index contributed by atoms with van der Waals surface area (Å²) in [6, 6.07) is 14.5. The molecule has 0 amide bonds. The molecule has 0 aliphatic carbocycles. The lowest BCUT2D eigenvalue weighted by Crippen LogP contribution is -2.03. The fourth-order valence-electron chi connectivity index (χ4n) is 3.36. The van der Waals surface area contributed by atoms with Crippen LogP contribution in [0.4, 0.5) is 4.39 Å². The van der Waals surface area contributed by atoms with Gasteiger partial charge in [-0.1, -0.05) is 55.8 Å². The first-order chi connectivity index (χ1) is 12.1. The molecule has 4 heteroatoms. The summed E-state index contributed by atoms with van der Waals surface area (Å²) in [7, 11) is 0. The highest BCUT2D eigenvalue weighted by molar-refractivity contribution is 6.32. The largest absolute Gasteiger partial charge is 0.236 e. The normalized spacial score (nSPS) is 11.0. The summed E-state index contributed by atoms with van der Waals surface area (Å²) in [5.74, 6) is -0.277. The Balaban J connectivity index is 2.45. The number of fused-ring (bicyclic) bond motifs is 1. The Morgan fingerprint density at radius 1 is 1.12 bits per heavy atom. The van der Waals surface area contributed by atoms with E-state index in [1.165, 1.54) is 0 Å². The van der Waals surface area contributed by atoms with Gasteiger partial charge in [-0.05, 0) is 42.0 Å². The molecular weight excluding hydrogens is 335 g/mol. The van der Waals surface area contributed by atoms with E-state index in [0.717, 1.165) is 18.4 Å². The number of pyridine rings is 1. The molecule has 3 aromatic rings. The molecule has 0 bridgehead atoms. The van der Waals surface area contributed by atoms with Crippen LogP contribution in [0.25, 0.3) is 22.0 Å². The van der Waals surface area contributed by atoms with Crippen LogP contribution in [0.15, 0.2) is 42.5 Å². The van der Waals surface area contributed by atoms with Gasteiger partial charge >= 0.3 is 0 Å². The van der Waals surface area contributed by atoms with Crippen LogP contribution in [0.2, 0.25) is 5.02 Å². The van der Waals surface area contributed by atoms with Crippen LogP contribution < -0.4 is 0 Å². The second-order valence-corrected chi connectivity index (χ2v) is 6.40. The van der Waals surface area contributed by atoms with Gasteiger partial charge in [0.2, 0.25) is 0 Å². The van der Waals surface area contributed by atoms with Crippen LogP contribution in [0.1, 0.15) is 43.9 Å². The van der Waals surface area contributed by atoms with Gasteiger partial charge in [0, 0.05) is 10.4 Å². The lowest BCUT2D eigenvalue weighted by atomic mass is 9.89. The maximum Gasteiger partial charge on any atom is 0.151 e. The molecule has 1 aromatic heterocycles. The van der Waals surface area contributed by atoms with E-state index in [-0.39, 0.29) is 17.2 Å². The number of hydrogen-bond acceptors (Lipinski definition) is 2. The molecule has 126 valence electrons. The van der Waals surface area contributed by atoms with Crippen LogP contribution >= 0.6 is 11.6 Å². The van der Waals surface area contributed by atoms with Gasteiger partial charge in [0.15, 0.2) is 5.69 Å². The van der Waals surface area contributed by atoms with Gasteiger partial charge in [-0.25, -0.2) is 9.37 Å². The van der Waals surface area contributed by atoms with E-state index in [1.54, 1.807) is 24.3 Å². The quantitative estimate of drug-likeness (QED) is 0.539. The maximum atomic E-state index is 15.6. The minimum atomic E-state index is -0.419. The summed E-state index contributed by atoms with van der Waals surface area (Å²) in [6.07, 6.45) is 1.71. The Morgan fingerprint density at radius 3 is 2.40 bits per heavy atom. The highest BCUT2D eigenvalue weighted by atomic mass is 35.5. The fraction of sp³-hybridized carbons (Fsp3) is 0.238. The van der Waals surface area contributed by atoms with Crippen molar-refractivity contribution in [1.82, 2.24) is 4.98 Å². The molecule has 1 heterocycles. The average molecular weight is 353 g/mol. The number of hydrogen-bond donors (Lipinski definition) is 0. The zero-order valence-electron chi connectivity index (χ0n) is 14.2. The Bertz CT molecular complexity index is 957. The first-order valence-electron chi connectivity index (χ1n) is 8.39. The maximum absolute atomic E-state index is 15.6. The molecule has 0 radical (unpaired) electrons. The SMILES string of the molecule is CCC(CC)c1c(Cl)ccc2nc(C#N)c(-c3ccccc3)c(F)c12. The van der Waals surface area contributed by atoms with Crippen molar-refractivity contribution in [3.05, 3.63) is 64.6 Å². The summed E-state index contributed by atoms with van der Waals surface area (Å²) in [5.41, 5.74) is 2.23. The summed E-state index contributed by atoms with van der Waals surface area (Å²) in [5, 5.41) is 10.5. The predicted molar refractivity (Wildman–Crippen MR) is 100 cm³/mol. The minimum Gasteiger partial charge on any atom is -0.236 e. The molecule has 2 nitrogen and oxygen atoms in total. The van der Waals surface area contributed by atoms with E-state index in [2.05, 4.69) is 18.8 Å². The first-order valence-corrected chi connectivity index (χ1v) is 8.77. The average Bonchev–Trinajstić information content (AvgIpc) is 2.64. The standard InChI is InChI=1S/C21H18ClFN2/c1-3-13(4-2)18-15(22)10-11-16-20(18)21(23)19(17(12-24)25-16)14-8-6-5-7-9-14/h5-11,13H,3-4H2,1-2H3.